The average Bonchev–Trinajstić information content (AvgIpc) is 2.94. The molecule has 0 bridgehead atoms. The Balaban J connectivity index is 1.62. The van der Waals surface area contributed by atoms with Crippen molar-refractivity contribution in [3.05, 3.63) is 93.8 Å². The Labute approximate surface area is 229 Å². The summed E-state index contributed by atoms with van der Waals surface area (Å²) >= 11 is 0. The number of aryl methyl sites for hydroxylation is 1. The molecule has 2 aliphatic rings. The SMILES string of the molecule is COc1cc(C#N)ccc1C1C(C(=O)OCc2ccccc2)=C(C)Nc2c(C)cnc(OCC3(C)CCC3)c21. The number of anilines is 1. The second kappa shape index (κ2) is 10.8. The van der Waals surface area contributed by atoms with E-state index in [0.717, 1.165) is 40.8 Å². The minimum absolute atomic E-state index is 0.117. The normalized spacial score (nSPS) is 17.3. The molecule has 0 saturated heterocycles. The van der Waals surface area contributed by atoms with Crippen molar-refractivity contribution in [3.8, 4) is 17.7 Å². The van der Waals surface area contributed by atoms with Gasteiger partial charge in [-0.1, -0.05) is 49.7 Å². The second-order valence-electron chi connectivity index (χ2n) is 10.7. The quantitative estimate of drug-likeness (QED) is 0.341. The number of allylic oxidation sites excluding steroid dienone is 1. The molecule has 1 atom stereocenters. The summed E-state index contributed by atoms with van der Waals surface area (Å²) in [4.78, 5) is 18.5. The highest BCUT2D eigenvalue weighted by molar-refractivity contribution is 5.95. The number of fused-ring (bicyclic) bond motifs is 1. The molecule has 200 valence electrons. The highest BCUT2D eigenvalue weighted by Gasteiger charge is 2.39. The van der Waals surface area contributed by atoms with E-state index in [0.29, 0.717) is 35.1 Å². The number of ether oxygens (including phenoxy) is 3. The number of nitrogens with one attached hydrogen (secondary N) is 1. The van der Waals surface area contributed by atoms with Crippen molar-refractivity contribution in [1.29, 1.82) is 5.26 Å². The van der Waals surface area contributed by atoms with E-state index in [-0.39, 0.29) is 12.0 Å². The molecule has 1 saturated carbocycles. The highest BCUT2D eigenvalue weighted by atomic mass is 16.5. The van der Waals surface area contributed by atoms with Crippen LogP contribution >= 0.6 is 0 Å². The van der Waals surface area contributed by atoms with Crippen molar-refractivity contribution in [1.82, 2.24) is 4.98 Å². The van der Waals surface area contributed by atoms with Crippen molar-refractivity contribution in [3.63, 3.8) is 0 Å². The van der Waals surface area contributed by atoms with Crippen LogP contribution in [0.5, 0.6) is 11.6 Å². The number of esters is 1. The van der Waals surface area contributed by atoms with Crippen molar-refractivity contribution in [2.75, 3.05) is 19.0 Å². The fourth-order valence-electron chi connectivity index (χ4n) is 5.34. The maximum absolute atomic E-state index is 13.8. The molecule has 0 radical (unpaired) electrons. The minimum Gasteiger partial charge on any atom is -0.496 e. The Hall–Kier alpha value is -4.31. The first-order valence-corrected chi connectivity index (χ1v) is 13.2. The summed E-state index contributed by atoms with van der Waals surface area (Å²) in [5.74, 6) is -0.0342. The van der Waals surface area contributed by atoms with E-state index in [2.05, 4.69) is 18.3 Å². The summed E-state index contributed by atoms with van der Waals surface area (Å²) in [6.45, 7) is 6.78. The van der Waals surface area contributed by atoms with Gasteiger partial charge < -0.3 is 19.5 Å². The summed E-state index contributed by atoms with van der Waals surface area (Å²) in [5.41, 5.74) is 5.90. The fourth-order valence-corrected chi connectivity index (χ4v) is 5.34. The number of nitrogens with zero attached hydrogens (tertiary/aromatic N) is 2. The van der Waals surface area contributed by atoms with Crippen molar-refractivity contribution >= 4 is 11.7 Å². The molecule has 0 amide bonds. The minimum atomic E-state index is -0.580. The molecule has 2 aromatic carbocycles. The molecule has 1 fully saturated rings. The van der Waals surface area contributed by atoms with E-state index >= 15 is 0 Å². The third-order valence-electron chi connectivity index (χ3n) is 7.79. The monoisotopic (exact) mass is 523 g/mol. The van der Waals surface area contributed by atoms with Crippen LogP contribution < -0.4 is 14.8 Å². The number of nitriles is 1. The molecular weight excluding hydrogens is 490 g/mol. The van der Waals surface area contributed by atoms with Gasteiger partial charge in [0.25, 0.3) is 0 Å². The average molecular weight is 524 g/mol. The molecule has 2 heterocycles. The Bertz CT molecular complexity index is 1470. The molecule has 7 nitrogen and oxygen atoms in total. The van der Waals surface area contributed by atoms with Crippen LogP contribution in [0, 0.1) is 23.7 Å². The van der Waals surface area contributed by atoms with Crippen LogP contribution in [-0.2, 0) is 16.1 Å². The number of pyridine rings is 1. The number of hydrogen-bond acceptors (Lipinski definition) is 7. The van der Waals surface area contributed by atoms with E-state index in [9.17, 15) is 10.1 Å². The topological polar surface area (TPSA) is 93.5 Å². The van der Waals surface area contributed by atoms with Gasteiger partial charge in [0, 0.05) is 22.9 Å². The zero-order valence-corrected chi connectivity index (χ0v) is 22.8. The summed E-state index contributed by atoms with van der Waals surface area (Å²) in [7, 11) is 1.56. The van der Waals surface area contributed by atoms with Gasteiger partial charge >= 0.3 is 5.97 Å². The lowest BCUT2D eigenvalue weighted by Gasteiger charge is -2.38. The number of methoxy groups -OCH3 is 1. The zero-order valence-electron chi connectivity index (χ0n) is 22.8. The predicted octanol–water partition coefficient (Wildman–Crippen LogP) is 6.41. The van der Waals surface area contributed by atoms with Crippen LogP contribution in [-0.4, -0.2) is 24.7 Å². The van der Waals surface area contributed by atoms with Gasteiger partial charge in [-0.3, -0.25) is 0 Å². The van der Waals surface area contributed by atoms with Crippen LogP contribution in [0.4, 0.5) is 5.69 Å². The number of carbonyl (C=O) groups is 1. The van der Waals surface area contributed by atoms with Gasteiger partial charge in [-0.25, -0.2) is 9.78 Å². The summed E-state index contributed by atoms with van der Waals surface area (Å²) in [6, 6.07) is 17.0. The lowest BCUT2D eigenvalue weighted by molar-refractivity contribution is -0.140. The third-order valence-corrected chi connectivity index (χ3v) is 7.79. The van der Waals surface area contributed by atoms with E-state index in [1.165, 1.54) is 6.42 Å². The second-order valence-corrected chi connectivity index (χ2v) is 10.7. The van der Waals surface area contributed by atoms with Gasteiger partial charge in [0.2, 0.25) is 5.88 Å². The molecule has 1 aliphatic heterocycles. The van der Waals surface area contributed by atoms with E-state index in [4.69, 9.17) is 19.2 Å². The third kappa shape index (κ3) is 5.20. The molecule has 5 rings (SSSR count). The summed E-state index contributed by atoms with van der Waals surface area (Å²) < 4.78 is 18.0. The molecule has 1 aromatic heterocycles. The zero-order chi connectivity index (χ0) is 27.6. The molecule has 39 heavy (non-hydrogen) atoms. The first-order chi connectivity index (χ1) is 18.8. The largest absolute Gasteiger partial charge is 0.496 e. The van der Waals surface area contributed by atoms with Crippen molar-refractivity contribution in [2.45, 2.75) is 52.6 Å². The van der Waals surface area contributed by atoms with E-state index in [1.54, 1.807) is 25.4 Å². The van der Waals surface area contributed by atoms with Crippen molar-refractivity contribution < 1.29 is 19.0 Å². The van der Waals surface area contributed by atoms with Gasteiger partial charge in [0.15, 0.2) is 0 Å². The van der Waals surface area contributed by atoms with Crippen LogP contribution in [0.25, 0.3) is 0 Å². The molecule has 0 spiro atoms. The highest BCUT2D eigenvalue weighted by Crippen LogP contribution is 2.50. The van der Waals surface area contributed by atoms with Crippen LogP contribution in [0.1, 0.15) is 66.8 Å². The molecule has 7 heteroatoms. The molecule has 1 N–H and O–H groups in total. The number of carbonyl (C=O) groups excluding carboxylic acids is 1. The molecule has 1 unspecified atom stereocenters. The van der Waals surface area contributed by atoms with Gasteiger partial charge in [0.05, 0.1) is 48.1 Å². The van der Waals surface area contributed by atoms with Crippen LogP contribution in [0.2, 0.25) is 0 Å². The fraction of sp³-hybridized carbons (Fsp3) is 0.344. The Morgan fingerprint density at radius 3 is 2.62 bits per heavy atom. The molecule has 1 aliphatic carbocycles. The summed E-state index contributed by atoms with van der Waals surface area (Å²) in [5, 5.41) is 13.0. The lowest BCUT2D eigenvalue weighted by Crippen LogP contribution is -2.33. The van der Waals surface area contributed by atoms with Crippen LogP contribution in [0.15, 0.2) is 66.0 Å². The van der Waals surface area contributed by atoms with Gasteiger partial charge in [-0.05, 0) is 49.9 Å². The first kappa shape index (κ1) is 26.3. The lowest BCUT2D eigenvalue weighted by atomic mass is 9.71. The summed E-state index contributed by atoms with van der Waals surface area (Å²) in [6.07, 6.45) is 5.22. The van der Waals surface area contributed by atoms with E-state index < -0.39 is 11.9 Å². The van der Waals surface area contributed by atoms with E-state index in [1.807, 2.05) is 50.2 Å². The maximum atomic E-state index is 13.8. The number of aromatic nitrogens is 1. The standard InChI is InChI=1S/C32H33N3O4/c1-20-17-34-30(39-19-32(3)13-8-14-32)28-27(24-12-11-23(16-33)15-25(24)37-4)26(21(2)35-29(20)28)31(36)38-18-22-9-6-5-7-10-22/h5-7,9-12,15,17,27,35H,8,13-14,18-19H2,1-4H3. The molecular formula is C32H33N3O4. The maximum Gasteiger partial charge on any atom is 0.337 e. The predicted molar refractivity (Wildman–Crippen MR) is 149 cm³/mol. The van der Waals surface area contributed by atoms with Crippen molar-refractivity contribution in [2.24, 2.45) is 5.41 Å². The number of rotatable bonds is 8. The Morgan fingerprint density at radius 1 is 1.18 bits per heavy atom. The molecule has 3 aromatic rings. The number of hydrogen-bond donors (Lipinski definition) is 1. The number of benzene rings is 2. The Morgan fingerprint density at radius 2 is 1.95 bits per heavy atom. The first-order valence-electron chi connectivity index (χ1n) is 13.2. The smallest absolute Gasteiger partial charge is 0.337 e. The van der Waals surface area contributed by atoms with Gasteiger partial charge in [-0.15, -0.1) is 0 Å². The van der Waals surface area contributed by atoms with Gasteiger partial charge in [0.1, 0.15) is 12.4 Å². The van der Waals surface area contributed by atoms with Gasteiger partial charge in [-0.2, -0.15) is 5.26 Å². The Kier molecular flexibility index (Phi) is 7.30. The van der Waals surface area contributed by atoms with Crippen LogP contribution in [0.3, 0.4) is 0 Å².